The summed E-state index contributed by atoms with van der Waals surface area (Å²) in [6.45, 7) is 4.42. The van der Waals surface area contributed by atoms with Gasteiger partial charge in [-0.2, -0.15) is 0 Å². The zero-order valence-electron chi connectivity index (χ0n) is 10.2. The Bertz CT molecular complexity index is 472. The van der Waals surface area contributed by atoms with Crippen molar-refractivity contribution in [1.82, 2.24) is 14.9 Å². The van der Waals surface area contributed by atoms with Gasteiger partial charge < -0.3 is 14.8 Å². The highest BCUT2D eigenvalue weighted by atomic mass is 15.3. The number of hydrogen-bond acceptors (Lipinski definition) is 3. The summed E-state index contributed by atoms with van der Waals surface area (Å²) in [5.74, 6) is 1.02. The maximum Gasteiger partial charge on any atom is 0.203 e. The minimum atomic E-state index is 1.02. The molecule has 0 saturated carbocycles. The van der Waals surface area contributed by atoms with E-state index < -0.39 is 0 Å². The van der Waals surface area contributed by atoms with Crippen molar-refractivity contribution in [1.29, 1.82) is 0 Å². The Hall–Kier alpha value is -1.55. The summed E-state index contributed by atoms with van der Waals surface area (Å²) in [6.07, 6.45) is 1.20. The SMILES string of the molecule is CN1CCCN(c2nc3ccccc3[nH]2)CC1. The van der Waals surface area contributed by atoms with Crippen LogP contribution in [-0.4, -0.2) is 48.1 Å². The molecule has 90 valence electrons. The van der Waals surface area contributed by atoms with E-state index in [1.165, 1.54) is 13.0 Å². The number of hydrogen-bond donors (Lipinski definition) is 1. The molecule has 3 rings (SSSR count). The number of aromatic amines is 1. The van der Waals surface area contributed by atoms with E-state index in [1.54, 1.807) is 0 Å². The van der Waals surface area contributed by atoms with Crippen molar-refractivity contribution in [2.24, 2.45) is 0 Å². The molecule has 17 heavy (non-hydrogen) atoms. The standard InChI is InChI=1S/C13H18N4/c1-16-7-4-8-17(10-9-16)13-14-11-5-2-3-6-12(11)15-13/h2-3,5-6H,4,7-10H2,1H3,(H,14,15). The van der Waals surface area contributed by atoms with Crippen molar-refractivity contribution >= 4 is 17.0 Å². The molecule has 4 heteroatoms. The van der Waals surface area contributed by atoms with E-state index in [0.717, 1.165) is 36.6 Å². The topological polar surface area (TPSA) is 35.2 Å². The van der Waals surface area contributed by atoms with Gasteiger partial charge in [0.05, 0.1) is 11.0 Å². The number of anilines is 1. The van der Waals surface area contributed by atoms with Crippen molar-refractivity contribution in [3.05, 3.63) is 24.3 Å². The highest BCUT2D eigenvalue weighted by Crippen LogP contribution is 2.18. The van der Waals surface area contributed by atoms with Gasteiger partial charge in [-0.3, -0.25) is 0 Å². The fourth-order valence-corrected chi connectivity index (χ4v) is 2.35. The predicted molar refractivity (Wildman–Crippen MR) is 70.4 cm³/mol. The molecule has 1 saturated heterocycles. The van der Waals surface area contributed by atoms with Gasteiger partial charge in [-0.25, -0.2) is 4.98 Å². The minimum absolute atomic E-state index is 1.02. The first-order valence-corrected chi connectivity index (χ1v) is 6.21. The van der Waals surface area contributed by atoms with E-state index in [-0.39, 0.29) is 0 Å². The number of nitrogens with zero attached hydrogens (tertiary/aromatic N) is 3. The summed E-state index contributed by atoms with van der Waals surface area (Å²) in [5.41, 5.74) is 2.18. The normalized spacial score (nSPS) is 18.5. The van der Waals surface area contributed by atoms with Crippen LogP contribution in [0, 0.1) is 0 Å². The molecule has 1 aliphatic heterocycles. The minimum Gasteiger partial charge on any atom is -0.341 e. The average Bonchev–Trinajstić information content (AvgIpc) is 2.65. The summed E-state index contributed by atoms with van der Waals surface area (Å²) in [6, 6.07) is 8.21. The zero-order valence-corrected chi connectivity index (χ0v) is 10.2. The smallest absolute Gasteiger partial charge is 0.203 e. The van der Waals surface area contributed by atoms with E-state index >= 15 is 0 Å². The van der Waals surface area contributed by atoms with Gasteiger partial charge in [0.15, 0.2) is 0 Å². The summed E-state index contributed by atoms with van der Waals surface area (Å²) < 4.78 is 0. The quantitative estimate of drug-likeness (QED) is 0.810. The first-order chi connectivity index (χ1) is 8.33. The molecule has 4 nitrogen and oxygen atoms in total. The first kappa shape index (κ1) is 10.6. The number of fused-ring (bicyclic) bond motifs is 1. The molecule has 2 heterocycles. The van der Waals surface area contributed by atoms with Gasteiger partial charge in [-0.1, -0.05) is 12.1 Å². The van der Waals surface area contributed by atoms with E-state index in [1.807, 2.05) is 12.1 Å². The van der Waals surface area contributed by atoms with Gasteiger partial charge in [0.25, 0.3) is 0 Å². The van der Waals surface area contributed by atoms with Crippen LogP contribution in [0.25, 0.3) is 11.0 Å². The monoisotopic (exact) mass is 230 g/mol. The molecule has 0 spiro atoms. The van der Waals surface area contributed by atoms with Gasteiger partial charge in [0, 0.05) is 19.6 Å². The van der Waals surface area contributed by atoms with Gasteiger partial charge >= 0.3 is 0 Å². The first-order valence-electron chi connectivity index (χ1n) is 6.21. The highest BCUT2D eigenvalue weighted by Gasteiger charge is 2.15. The molecule has 2 aromatic rings. The van der Waals surface area contributed by atoms with Gasteiger partial charge in [-0.05, 0) is 32.1 Å². The Morgan fingerprint density at radius 2 is 2.00 bits per heavy atom. The molecule has 0 unspecified atom stereocenters. The van der Waals surface area contributed by atoms with Crippen molar-refractivity contribution in [3.8, 4) is 0 Å². The van der Waals surface area contributed by atoms with Gasteiger partial charge in [-0.15, -0.1) is 0 Å². The van der Waals surface area contributed by atoms with Gasteiger partial charge in [0.1, 0.15) is 0 Å². The second-order valence-electron chi connectivity index (χ2n) is 4.72. The number of nitrogens with one attached hydrogen (secondary N) is 1. The molecule has 0 aliphatic carbocycles. The van der Waals surface area contributed by atoms with Crippen LogP contribution in [0.5, 0.6) is 0 Å². The largest absolute Gasteiger partial charge is 0.341 e. The fourth-order valence-electron chi connectivity index (χ4n) is 2.35. The second kappa shape index (κ2) is 4.37. The number of aromatic nitrogens is 2. The molecular formula is C13H18N4. The molecule has 1 fully saturated rings. The summed E-state index contributed by atoms with van der Waals surface area (Å²) in [7, 11) is 2.18. The van der Waals surface area contributed by atoms with E-state index in [4.69, 9.17) is 0 Å². The Balaban J connectivity index is 1.87. The zero-order chi connectivity index (χ0) is 11.7. The highest BCUT2D eigenvalue weighted by molar-refractivity contribution is 5.77. The Labute approximate surface area is 101 Å². The lowest BCUT2D eigenvalue weighted by Crippen LogP contribution is -2.29. The third-order valence-electron chi connectivity index (χ3n) is 3.40. The van der Waals surface area contributed by atoms with Crippen molar-refractivity contribution in [2.45, 2.75) is 6.42 Å². The number of rotatable bonds is 1. The fraction of sp³-hybridized carbons (Fsp3) is 0.462. The molecule has 0 atom stereocenters. The van der Waals surface area contributed by atoms with Crippen LogP contribution >= 0.6 is 0 Å². The van der Waals surface area contributed by atoms with Crippen LogP contribution < -0.4 is 4.90 Å². The third kappa shape index (κ3) is 2.13. The van der Waals surface area contributed by atoms with Crippen LogP contribution in [-0.2, 0) is 0 Å². The molecule has 1 N–H and O–H groups in total. The number of likely N-dealkylation sites (N-methyl/N-ethyl adjacent to an activating group) is 1. The predicted octanol–water partition coefficient (Wildman–Crippen LogP) is 1.70. The van der Waals surface area contributed by atoms with Crippen LogP contribution in [0.2, 0.25) is 0 Å². The van der Waals surface area contributed by atoms with Crippen LogP contribution in [0.1, 0.15) is 6.42 Å². The Morgan fingerprint density at radius 3 is 2.88 bits per heavy atom. The number of benzene rings is 1. The van der Waals surface area contributed by atoms with Gasteiger partial charge in [0.2, 0.25) is 5.95 Å². The second-order valence-corrected chi connectivity index (χ2v) is 4.72. The van der Waals surface area contributed by atoms with Crippen LogP contribution in [0.15, 0.2) is 24.3 Å². The summed E-state index contributed by atoms with van der Waals surface area (Å²) in [5, 5.41) is 0. The van der Waals surface area contributed by atoms with Crippen LogP contribution in [0.3, 0.4) is 0 Å². The van der Waals surface area contributed by atoms with Crippen molar-refractivity contribution in [3.63, 3.8) is 0 Å². The molecule has 0 bridgehead atoms. The maximum atomic E-state index is 4.65. The summed E-state index contributed by atoms with van der Waals surface area (Å²) in [4.78, 5) is 12.8. The lowest BCUT2D eigenvalue weighted by atomic mass is 10.3. The summed E-state index contributed by atoms with van der Waals surface area (Å²) >= 11 is 0. The van der Waals surface area contributed by atoms with E-state index in [2.05, 4.69) is 38.9 Å². The third-order valence-corrected chi connectivity index (χ3v) is 3.40. The molecule has 0 radical (unpaired) electrons. The molecule has 0 amide bonds. The van der Waals surface area contributed by atoms with Crippen LogP contribution in [0.4, 0.5) is 5.95 Å². The van der Waals surface area contributed by atoms with Crippen molar-refractivity contribution < 1.29 is 0 Å². The number of para-hydroxylation sites is 2. The Kier molecular flexibility index (Phi) is 2.73. The number of imidazole rings is 1. The van der Waals surface area contributed by atoms with Crippen molar-refractivity contribution in [2.75, 3.05) is 38.1 Å². The lowest BCUT2D eigenvalue weighted by molar-refractivity contribution is 0.360. The molecular weight excluding hydrogens is 212 g/mol. The molecule has 1 aromatic carbocycles. The lowest BCUT2D eigenvalue weighted by Gasteiger charge is -2.19. The maximum absolute atomic E-state index is 4.65. The van der Waals surface area contributed by atoms with E-state index in [0.29, 0.717) is 0 Å². The van der Waals surface area contributed by atoms with E-state index in [9.17, 15) is 0 Å². The number of H-pyrrole nitrogens is 1. The molecule has 1 aromatic heterocycles. The average molecular weight is 230 g/mol. The molecule has 1 aliphatic rings. The Morgan fingerprint density at radius 1 is 1.12 bits per heavy atom.